The van der Waals surface area contributed by atoms with Gasteiger partial charge in [-0.25, -0.2) is 13.1 Å². The van der Waals surface area contributed by atoms with Crippen LogP contribution in [-0.2, 0) is 21.2 Å². The van der Waals surface area contributed by atoms with E-state index < -0.39 is 31.4 Å². The molecule has 1 aliphatic rings. The second kappa shape index (κ2) is 18.6. The summed E-state index contributed by atoms with van der Waals surface area (Å²) < 4.78 is 33.8. The Bertz CT molecular complexity index is 2270. The van der Waals surface area contributed by atoms with Crippen LogP contribution in [0.25, 0.3) is 11.1 Å². The number of benzene rings is 4. The van der Waals surface area contributed by atoms with Crippen molar-refractivity contribution >= 4 is 50.8 Å². The van der Waals surface area contributed by atoms with Gasteiger partial charge in [-0.2, -0.15) is 0 Å². The largest absolute Gasteiger partial charge is 0.494 e. The average Bonchev–Trinajstić information content (AvgIpc) is 3.22. The van der Waals surface area contributed by atoms with Crippen molar-refractivity contribution in [3.8, 4) is 16.9 Å². The SMILES string of the molecule is CCOc1cccc(-c2ccccc2CCC(=O)N2CCN(c3ccc(C(=O)NS(=O)(=O)c4ccc(NCCSc5ccccc5)c([N+](=O)[O-])c4)nn3)CC2)c1. The van der Waals surface area contributed by atoms with Gasteiger partial charge in [-0.3, -0.25) is 19.7 Å². The first-order valence-electron chi connectivity index (χ1n) is 18.1. The number of piperazine rings is 1. The number of carbonyl (C=O) groups is 2. The molecule has 5 aromatic rings. The molecule has 0 bridgehead atoms. The summed E-state index contributed by atoms with van der Waals surface area (Å²) in [6, 6.07) is 32.0. The molecule has 56 heavy (non-hydrogen) atoms. The highest BCUT2D eigenvalue weighted by atomic mass is 32.2. The minimum atomic E-state index is -4.49. The fraction of sp³-hybridized carbons (Fsp3) is 0.250. The third-order valence-electron chi connectivity index (χ3n) is 9.05. The van der Waals surface area contributed by atoms with E-state index in [1.807, 2.05) is 94.2 Å². The highest BCUT2D eigenvalue weighted by Crippen LogP contribution is 2.30. The lowest BCUT2D eigenvalue weighted by molar-refractivity contribution is -0.384. The van der Waals surface area contributed by atoms with Gasteiger partial charge < -0.3 is 19.9 Å². The number of nitro groups is 1. The molecule has 0 atom stereocenters. The Morgan fingerprint density at radius 2 is 1.66 bits per heavy atom. The number of hydrogen-bond acceptors (Lipinski definition) is 12. The predicted molar refractivity (Wildman–Crippen MR) is 216 cm³/mol. The highest BCUT2D eigenvalue weighted by Gasteiger charge is 2.26. The van der Waals surface area contributed by atoms with E-state index in [0.717, 1.165) is 33.4 Å². The summed E-state index contributed by atoms with van der Waals surface area (Å²) in [5, 5.41) is 22.9. The van der Waals surface area contributed by atoms with Gasteiger partial charge in [0.05, 0.1) is 16.4 Å². The van der Waals surface area contributed by atoms with Crippen molar-refractivity contribution < 1.29 is 27.7 Å². The molecular formula is C40H41N7O7S2. The Kier molecular flexibility index (Phi) is 13.2. The number of aromatic nitrogens is 2. The van der Waals surface area contributed by atoms with Crippen LogP contribution < -0.4 is 19.7 Å². The van der Waals surface area contributed by atoms with Gasteiger partial charge in [-0.15, -0.1) is 22.0 Å². The van der Waals surface area contributed by atoms with Crippen LogP contribution in [0.5, 0.6) is 5.75 Å². The lowest BCUT2D eigenvalue weighted by atomic mass is 9.96. The maximum Gasteiger partial charge on any atom is 0.293 e. The molecule has 6 rings (SSSR count). The van der Waals surface area contributed by atoms with Crippen molar-refractivity contribution in [2.24, 2.45) is 0 Å². The number of nitrogens with one attached hydrogen (secondary N) is 2. The third kappa shape index (κ3) is 10.2. The van der Waals surface area contributed by atoms with E-state index in [9.17, 15) is 28.1 Å². The van der Waals surface area contributed by atoms with E-state index >= 15 is 0 Å². The maximum atomic E-state index is 13.2. The molecule has 0 spiro atoms. The smallest absolute Gasteiger partial charge is 0.293 e. The van der Waals surface area contributed by atoms with Crippen molar-refractivity contribution in [3.05, 3.63) is 131 Å². The van der Waals surface area contributed by atoms with Gasteiger partial charge in [-0.1, -0.05) is 54.6 Å². The second-order valence-corrected chi connectivity index (χ2v) is 15.6. The van der Waals surface area contributed by atoms with Crippen molar-refractivity contribution in [1.82, 2.24) is 19.8 Å². The summed E-state index contributed by atoms with van der Waals surface area (Å²) in [5.41, 5.74) is 2.64. The molecule has 2 amide bonds. The van der Waals surface area contributed by atoms with Crippen LogP contribution in [0.1, 0.15) is 29.4 Å². The first-order chi connectivity index (χ1) is 27.1. The van der Waals surface area contributed by atoms with E-state index in [-0.39, 0.29) is 17.3 Å². The number of rotatable bonds is 16. The fourth-order valence-corrected chi connectivity index (χ4v) is 7.99. The van der Waals surface area contributed by atoms with E-state index in [0.29, 0.717) is 63.7 Å². The quantitative estimate of drug-likeness (QED) is 0.0512. The zero-order valence-electron chi connectivity index (χ0n) is 30.7. The minimum absolute atomic E-state index is 0.0519. The molecule has 1 aliphatic heterocycles. The van der Waals surface area contributed by atoms with Crippen LogP contribution in [0.4, 0.5) is 17.2 Å². The molecule has 2 heterocycles. The van der Waals surface area contributed by atoms with Gasteiger partial charge in [0, 0.05) is 55.9 Å². The van der Waals surface area contributed by atoms with Crippen LogP contribution in [0.15, 0.2) is 119 Å². The molecule has 0 aliphatic carbocycles. The zero-order chi connectivity index (χ0) is 39.5. The maximum absolute atomic E-state index is 13.2. The molecule has 1 saturated heterocycles. The molecule has 4 aromatic carbocycles. The molecule has 0 unspecified atom stereocenters. The molecule has 16 heteroatoms. The Hall–Kier alpha value is -6.00. The van der Waals surface area contributed by atoms with Crippen LogP contribution in [0.2, 0.25) is 0 Å². The van der Waals surface area contributed by atoms with Crippen LogP contribution in [-0.4, -0.2) is 85.3 Å². The first kappa shape index (κ1) is 39.7. The summed E-state index contributed by atoms with van der Waals surface area (Å²) >= 11 is 1.57. The van der Waals surface area contributed by atoms with E-state index in [4.69, 9.17) is 4.74 Å². The number of aryl methyl sites for hydroxylation is 1. The number of thioether (sulfide) groups is 1. The standard InChI is InChI=1S/C40H41N7O7S2/c1-2-54-31-11-8-10-30(27-31)34-14-7-6-9-29(34)15-20-39(48)46-24-22-45(23-25-46)38-19-18-36(42-43-38)40(49)44-56(52,53)33-16-17-35(37(28-33)47(50)51)41-21-26-55-32-12-4-3-5-13-32/h3-14,16-19,27-28,41H,2,15,20-26H2,1H3,(H,44,49). The van der Waals surface area contributed by atoms with Gasteiger partial charge in [-0.05, 0) is 78.6 Å². The molecule has 1 aromatic heterocycles. The van der Waals surface area contributed by atoms with E-state index in [2.05, 4.69) is 21.6 Å². The van der Waals surface area contributed by atoms with Gasteiger partial charge in [0.25, 0.3) is 21.6 Å². The summed E-state index contributed by atoms with van der Waals surface area (Å²) in [6.07, 6.45) is 0.949. The van der Waals surface area contributed by atoms with Gasteiger partial charge >= 0.3 is 0 Å². The summed E-state index contributed by atoms with van der Waals surface area (Å²) in [7, 11) is -4.49. The van der Waals surface area contributed by atoms with Crippen LogP contribution >= 0.6 is 11.8 Å². The lowest BCUT2D eigenvalue weighted by Gasteiger charge is -2.35. The number of amides is 2. The molecule has 290 valence electrons. The van der Waals surface area contributed by atoms with Crippen LogP contribution in [0.3, 0.4) is 0 Å². The monoisotopic (exact) mass is 795 g/mol. The lowest BCUT2D eigenvalue weighted by Crippen LogP contribution is -2.49. The average molecular weight is 796 g/mol. The summed E-state index contributed by atoms with van der Waals surface area (Å²) in [6.45, 7) is 4.87. The fourth-order valence-electron chi connectivity index (χ4n) is 6.22. The number of nitrogens with zero attached hydrogens (tertiary/aromatic N) is 5. The third-order valence-corrected chi connectivity index (χ3v) is 11.4. The Morgan fingerprint density at radius 3 is 2.39 bits per heavy atom. The van der Waals surface area contributed by atoms with Gasteiger partial charge in [0.2, 0.25) is 5.91 Å². The number of carbonyl (C=O) groups excluding carboxylic acids is 2. The topological polar surface area (TPSA) is 177 Å². The van der Waals surface area contributed by atoms with Crippen molar-refractivity contribution in [3.63, 3.8) is 0 Å². The normalized spacial score (nSPS) is 12.9. The minimum Gasteiger partial charge on any atom is -0.494 e. The summed E-state index contributed by atoms with van der Waals surface area (Å²) in [4.78, 5) is 41.6. The Labute approximate surface area is 329 Å². The second-order valence-electron chi connectivity index (χ2n) is 12.7. The van der Waals surface area contributed by atoms with E-state index in [1.54, 1.807) is 17.8 Å². The number of hydrogen-bond donors (Lipinski definition) is 2. The van der Waals surface area contributed by atoms with Crippen molar-refractivity contribution in [2.75, 3.05) is 55.3 Å². The molecule has 1 fully saturated rings. The molecule has 0 radical (unpaired) electrons. The first-order valence-corrected chi connectivity index (χ1v) is 20.5. The zero-order valence-corrected chi connectivity index (χ0v) is 32.3. The molecule has 0 saturated carbocycles. The Morgan fingerprint density at radius 1 is 0.893 bits per heavy atom. The number of anilines is 2. The van der Waals surface area contributed by atoms with Crippen molar-refractivity contribution in [1.29, 1.82) is 0 Å². The van der Waals surface area contributed by atoms with Gasteiger partial charge in [0.1, 0.15) is 11.4 Å². The van der Waals surface area contributed by atoms with Gasteiger partial charge in [0.15, 0.2) is 11.5 Å². The molecular weight excluding hydrogens is 755 g/mol. The highest BCUT2D eigenvalue weighted by molar-refractivity contribution is 7.99. The number of ether oxygens (including phenoxy) is 1. The number of sulfonamides is 1. The van der Waals surface area contributed by atoms with Crippen molar-refractivity contribution in [2.45, 2.75) is 29.6 Å². The predicted octanol–water partition coefficient (Wildman–Crippen LogP) is 6.05. The summed E-state index contributed by atoms with van der Waals surface area (Å²) in [5.74, 6) is 0.910. The molecule has 14 nitrogen and oxygen atoms in total. The molecule has 2 N–H and O–H groups in total. The Balaban J connectivity index is 0.993. The van der Waals surface area contributed by atoms with Crippen LogP contribution in [0, 0.1) is 10.1 Å². The number of nitro benzene ring substituents is 1. The van der Waals surface area contributed by atoms with E-state index in [1.165, 1.54) is 18.2 Å².